The number of carbonyl (C=O) groups is 4. The zero-order valence-corrected chi connectivity index (χ0v) is 19.3. The van der Waals surface area contributed by atoms with Crippen LogP contribution >= 0.6 is 11.8 Å². The number of hydrogen-bond donors (Lipinski definition) is 2. The molecular formula is C23H20N2O9S. The number of carboxylic acid groups (broad SMARTS) is 1. The van der Waals surface area contributed by atoms with Gasteiger partial charge < -0.3 is 29.4 Å². The highest BCUT2D eigenvalue weighted by atomic mass is 32.2. The van der Waals surface area contributed by atoms with Gasteiger partial charge in [0, 0.05) is 11.8 Å². The number of thioether (sulfide) groups is 1. The Morgan fingerprint density at radius 1 is 1.11 bits per heavy atom. The predicted molar refractivity (Wildman–Crippen MR) is 125 cm³/mol. The van der Waals surface area contributed by atoms with E-state index in [1.165, 1.54) is 12.1 Å². The first kappa shape index (κ1) is 24.0. The minimum Gasteiger partial charge on any atom is -0.490 e. The number of imide groups is 1. The first-order chi connectivity index (χ1) is 16.8. The minimum absolute atomic E-state index is 0.0972. The molecule has 0 atom stereocenters. The van der Waals surface area contributed by atoms with Gasteiger partial charge in [0.25, 0.3) is 11.1 Å². The van der Waals surface area contributed by atoms with Crippen molar-refractivity contribution in [2.75, 3.05) is 31.9 Å². The summed E-state index contributed by atoms with van der Waals surface area (Å²) in [5.74, 6) is -0.705. The molecule has 0 saturated carbocycles. The van der Waals surface area contributed by atoms with Crippen LogP contribution in [0.2, 0.25) is 0 Å². The number of rotatable bonds is 9. The third kappa shape index (κ3) is 5.66. The molecular weight excluding hydrogens is 480 g/mol. The summed E-state index contributed by atoms with van der Waals surface area (Å²) >= 11 is 0.711. The maximum absolute atomic E-state index is 12.8. The topological polar surface area (TPSA) is 141 Å². The van der Waals surface area contributed by atoms with Gasteiger partial charge in [0.1, 0.15) is 6.54 Å². The summed E-state index contributed by atoms with van der Waals surface area (Å²) in [5, 5.41) is 10.9. The number of hydrogen-bond acceptors (Lipinski definition) is 9. The fraction of sp³-hybridized carbons (Fsp3) is 0.217. The molecule has 0 aromatic heterocycles. The van der Waals surface area contributed by atoms with Gasteiger partial charge in [0.15, 0.2) is 29.6 Å². The fourth-order valence-corrected chi connectivity index (χ4v) is 4.09. The first-order valence-corrected chi connectivity index (χ1v) is 11.2. The second-order valence-electron chi connectivity index (χ2n) is 7.21. The van der Waals surface area contributed by atoms with Gasteiger partial charge in [-0.3, -0.25) is 19.3 Å². The van der Waals surface area contributed by atoms with Crippen LogP contribution in [0.1, 0.15) is 12.5 Å². The van der Waals surface area contributed by atoms with E-state index in [0.717, 1.165) is 4.90 Å². The third-order valence-electron chi connectivity index (χ3n) is 4.75. The van der Waals surface area contributed by atoms with Crippen LogP contribution in [0.3, 0.4) is 0 Å². The number of amides is 3. The van der Waals surface area contributed by atoms with Gasteiger partial charge in [-0.2, -0.15) is 0 Å². The van der Waals surface area contributed by atoms with Crippen molar-refractivity contribution in [2.45, 2.75) is 6.92 Å². The lowest BCUT2D eigenvalue weighted by molar-refractivity contribution is -0.139. The summed E-state index contributed by atoms with van der Waals surface area (Å²) < 4.78 is 21.2. The molecule has 4 rings (SSSR count). The van der Waals surface area contributed by atoms with Gasteiger partial charge in [-0.25, -0.2) is 4.79 Å². The Morgan fingerprint density at radius 2 is 1.91 bits per heavy atom. The maximum Gasteiger partial charge on any atom is 0.341 e. The molecule has 12 heteroatoms. The second-order valence-corrected chi connectivity index (χ2v) is 8.20. The molecule has 2 aromatic rings. The lowest BCUT2D eigenvalue weighted by atomic mass is 10.2. The van der Waals surface area contributed by atoms with Crippen molar-refractivity contribution in [1.82, 2.24) is 4.90 Å². The molecule has 0 radical (unpaired) electrons. The predicted octanol–water partition coefficient (Wildman–Crippen LogP) is 2.95. The van der Waals surface area contributed by atoms with Crippen molar-refractivity contribution in [1.29, 1.82) is 0 Å². The Hall–Kier alpha value is -4.19. The van der Waals surface area contributed by atoms with E-state index in [1.54, 1.807) is 37.3 Å². The molecule has 2 aliphatic rings. The van der Waals surface area contributed by atoms with E-state index in [2.05, 4.69) is 5.32 Å². The second kappa shape index (κ2) is 10.4. The maximum atomic E-state index is 12.8. The standard InChI is InChI=1S/C23H20N2O9S/c1-2-31-17-7-13(3-5-15(17)32-11-21(27)28)8-19-22(29)25(23(30)35-19)10-20(26)24-14-4-6-16-18(9-14)34-12-33-16/h3-9H,2,10-12H2,1H3,(H,24,26)(H,27,28)/b19-8+. The van der Waals surface area contributed by atoms with Gasteiger partial charge in [0.05, 0.1) is 11.5 Å². The molecule has 2 aliphatic heterocycles. The van der Waals surface area contributed by atoms with E-state index in [4.69, 9.17) is 24.1 Å². The zero-order chi connectivity index (χ0) is 24.9. The van der Waals surface area contributed by atoms with E-state index < -0.39 is 36.2 Å². The monoisotopic (exact) mass is 500 g/mol. The molecule has 0 bridgehead atoms. The third-order valence-corrected chi connectivity index (χ3v) is 5.66. The van der Waals surface area contributed by atoms with E-state index in [-0.39, 0.29) is 17.4 Å². The highest BCUT2D eigenvalue weighted by molar-refractivity contribution is 8.18. The average Bonchev–Trinajstić information content (AvgIpc) is 3.38. The van der Waals surface area contributed by atoms with Crippen LogP contribution in [0.4, 0.5) is 10.5 Å². The van der Waals surface area contributed by atoms with Crippen LogP contribution in [-0.2, 0) is 14.4 Å². The van der Waals surface area contributed by atoms with Gasteiger partial charge >= 0.3 is 5.97 Å². The highest BCUT2D eigenvalue weighted by Crippen LogP contribution is 2.36. The van der Waals surface area contributed by atoms with Crippen LogP contribution in [0.25, 0.3) is 6.08 Å². The first-order valence-electron chi connectivity index (χ1n) is 10.4. The van der Waals surface area contributed by atoms with Gasteiger partial charge in [-0.1, -0.05) is 6.07 Å². The molecule has 2 aromatic carbocycles. The Balaban J connectivity index is 1.44. The molecule has 1 saturated heterocycles. The van der Waals surface area contributed by atoms with Crippen molar-refractivity contribution in [2.24, 2.45) is 0 Å². The normalized spacial score (nSPS) is 15.5. The van der Waals surface area contributed by atoms with Crippen LogP contribution in [0, 0.1) is 0 Å². The molecule has 3 amide bonds. The number of fused-ring (bicyclic) bond motifs is 1. The van der Waals surface area contributed by atoms with Crippen molar-refractivity contribution in [3.8, 4) is 23.0 Å². The average molecular weight is 500 g/mol. The highest BCUT2D eigenvalue weighted by Gasteiger charge is 2.36. The number of benzene rings is 2. The van der Waals surface area contributed by atoms with Crippen molar-refractivity contribution in [3.05, 3.63) is 46.9 Å². The Labute approximate surface area is 203 Å². The summed E-state index contributed by atoms with van der Waals surface area (Å²) in [6, 6.07) is 9.55. The van der Waals surface area contributed by atoms with Gasteiger partial charge in [0.2, 0.25) is 12.7 Å². The molecule has 35 heavy (non-hydrogen) atoms. The summed E-state index contributed by atoms with van der Waals surface area (Å²) in [5.41, 5.74) is 0.974. The van der Waals surface area contributed by atoms with Gasteiger partial charge in [-0.15, -0.1) is 0 Å². The molecule has 1 fully saturated rings. The molecule has 0 unspecified atom stereocenters. The summed E-state index contributed by atoms with van der Waals surface area (Å²) in [6.45, 7) is 1.17. The molecule has 0 aliphatic carbocycles. The van der Waals surface area contributed by atoms with Crippen molar-refractivity contribution >= 4 is 46.5 Å². The summed E-state index contributed by atoms with van der Waals surface area (Å²) in [6.07, 6.45) is 1.49. The lowest BCUT2D eigenvalue weighted by Gasteiger charge is -2.13. The van der Waals surface area contributed by atoms with E-state index >= 15 is 0 Å². The smallest absolute Gasteiger partial charge is 0.341 e. The van der Waals surface area contributed by atoms with Gasteiger partial charge in [-0.05, 0) is 54.6 Å². The van der Waals surface area contributed by atoms with E-state index in [9.17, 15) is 19.2 Å². The number of nitrogens with one attached hydrogen (secondary N) is 1. The van der Waals surface area contributed by atoms with Crippen molar-refractivity contribution in [3.63, 3.8) is 0 Å². The van der Waals surface area contributed by atoms with E-state index in [1.807, 2.05) is 0 Å². The Morgan fingerprint density at radius 3 is 2.69 bits per heavy atom. The largest absolute Gasteiger partial charge is 0.490 e. The number of carboxylic acids is 1. The number of carbonyl (C=O) groups excluding carboxylic acids is 3. The number of nitrogens with zero attached hydrogens (tertiary/aromatic N) is 1. The molecule has 11 nitrogen and oxygen atoms in total. The number of aliphatic carboxylic acids is 1. The number of anilines is 1. The number of ether oxygens (including phenoxy) is 4. The van der Waals surface area contributed by atoms with Crippen LogP contribution in [0.5, 0.6) is 23.0 Å². The fourth-order valence-electron chi connectivity index (χ4n) is 3.25. The molecule has 2 N–H and O–H groups in total. The Bertz CT molecular complexity index is 1230. The van der Waals surface area contributed by atoms with Crippen LogP contribution < -0.4 is 24.3 Å². The van der Waals surface area contributed by atoms with Crippen LogP contribution in [-0.4, -0.2) is 59.6 Å². The minimum atomic E-state index is -1.13. The Kier molecular flexibility index (Phi) is 7.11. The zero-order valence-electron chi connectivity index (χ0n) is 18.4. The summed E-state index contributed by atoms with van der Waals surface area (Å²) in [7, 11) is 0. The van der Waals surface area contributed by atoms with Crippen LogP contribution in [0.15, 0.2) is 41.3 Å². The SMILES string of the molecule is CCOc1cc(/C=C2/SC(=O)N(CC(=O)Nc3ccc4c(c3)OCO4)C2=O)ccc1OCC(=O)O. The van der Waals surface area contributed by atoms with Crippen molar-refractivity contribution < 1.29 is 43.2 Å². The molecule has 0 spiro atoms. The molecule has 182 valence electrons. The van der Waals surface area contributed by atoms with E-state index in [0.29, 0.717) is 46.9 Å². The summed E-state index contributed by atoms with van der Waals surface area (Å²) in [4.78, 5) is 49.4. The quantitative estimate of drug-likeness (QED) is 0.494. The lowest BCUT2D eigenvalue weighted by Crippen LogP contribution is -2.36. The molecule has 2 heterocycles.